The molecule has 0 bridgehead atoms. The summed E-state index contributed by atoms with van der Waals surface area (Å²) in [5, 5.41) is 11.2. The number of nitrogens with one attached hydrogen (secondary N) is 1. The van der Waals surface area contributed by atoms with Gasteiger partial charge >= 0.3 is 11.7 Å². The molecule has 1 unspecified atom stereocenters. The third-order valence-electron chi connectivity index (χ3n) is 2.53. The molecule has 0 saturated carbocycles. The van der Waals surface area contributed by atoms with Gasteiger partial charge in [-0.1, -0.05) is 0 Å². The van der Waals surface area contributed by atoms with E-state index in [1.54, 1.807) is 13.0 Å². The number of aliphatic carboxylic acids is 1. The van der Waals surface area contributed by atoms with Crippen LogP contribution < -0.4 is 11.0 Å². The van der Waals surface area contributed by atoms with Gasteiger partial charge < -0.3 is 10.4 Å². The summed E-state index contributed by atoms with van der Waals surface area (Å²) in [5.74, 6) is -1.14. The molecule has 1 rings (SSSR count). The van der Waals surface area contributed by atoms with Crippen LogP contribution in [0.1, 0.15) is 26.2 Å². The number of hydrogen-bond donors (Lipinski definition) is 2. The second kappa shape index (κ2) is 7.30. The topological polar surface area (TPSA) is 101 Å². The van der Waals surface area contributed by atoms with Crippen LogP contribution in [0.25, 0.3) is 0 Å². The standard InChI is InChI=1S/C12H17N3O4/c1-9(4-2-5-11(17)18)14-10(16)8-15-7-3-6-13-12(15)19/h3,6-7,9H,2,4-5,8H2,1H3,(H,14,16)(H,17,18). The van der Waals surface area contributed by atoms with Crippen molar-refractivity contribution >= 4 is 11.9 Å². The highest BCUT2D eigenvalue weighted by Crippen LogP contribution is 2.00. The Balaban J connectivity index is 2.37. The van der Waals surface area contributed by atoms with Crippen molar-refractivity contribution in [3.8, 4) is 0 Å². The van der Waals surface area contributed by atoms with Crippen molar-refractivity contribution in [3.05, 3.63) is 28.9 Å². The molecule has 0 aliphatic rings. The van der Waals surface area contributed by atoms with Gasteiger partial charge in [-0.05, 0) is 25.8 Å². The van der Waals surface area contributed by atoms with Crippen molar-refractivity contribution in [1.29, 1.82) is 0 Å². The Kier molecular flexibility index (Phi) is 5.72. The lowest BCUT2D eigenvalue weighted by molar-refractivity contribution is -0.137. The zero-order valence-electron chi connectivity index (χ0n) is 10.7. The average molecular weight is 267 g/mol. The molecular weight excluding hydrogens is 250 g/mol. The molecule has 19 heavy (non-hydrogen) atoms. The lowest BCUT2D eigenvalue weighted by atomic mass is 10.1. The predicted octanol–water partition coefficient (Wildman–Crippen LogP) is 0.00290. The summed E-state index contributed by atoms with van der Waals surface area (Å²) in [5.41, 5.74) is -0.476. The molecule has 2 N–H and O–H groups in total. The highest BCUT2D eigenvalue weighted by molar-refractivity contribution is 5.76. The van der Waals surface area contributed by atoms with Crippen LogP contribution in [0.15, 0.2) is 23.3 Å². The molecule has 0 saturated heterocycles. The van der Waals surface area contributed by atoms with E-state index in [-0.39, 0.29) is 24.9 Å². The highest BCUT2D eigenvalue weighted by atomic mass is 16.4. The van der Waals surface area contributed by atoms with Gasteiger partial charge in [0.1, 0.15) is 6.54 Å². The van der Waals surface area contributed by atoms with Crippen LogP contribution in [0.5, 0.6) is 0 Å². The van der Waals surface area contributed by atoms with Crippen molar-refractivity contribution < 1.29 is 14.7 Å². The van der Waals surface area contributed by atoms with Gasteiger partial charge in [-0.2, -0.15) is 0 Å². The molecule has 7 nitrogen and oxygen atoms in total. The van der Waals surface area contributed by atoms with Crippen LogP contribution in [0.2, 0.25) is 0 Å². The van der Waals surface area contributed by atoms with Crippen molar-refractivity contribution in [3.63, 3.8) is 0 Å². The second-order valence-electron chi connectivity index (χ2n) is 4.28. The monoisotopic (exact) mass is 267 g/mol. The molecule has 104 valence electrons. The number of amides is 1. The van der Waals surface area contributed by atoms with Gasteiger partial charge in [-0.3, -0.25) is 14.2 Å². The zero-order valence-corrected chi connectivity index (χ0v) is 10.7. The van der Waals surface area contributed by atoms with Crippen LogP contribution in [-0.2, 0) is 16.1 Å². The maximum absolute atomic E-state index is 11.7. The SMILES string of the molecule is CC(CCCC(=O)O)NC(=O)Cn1cccnc1=O. The van der Waals surface area contributed by atoms with Crippen LogP contribution in [0, 0.1) is 0 Å². The van der Waals surface area contributed by atoms with Crippen molar-refractivity contribution in [2.24, 2.45) is 0 Å². The first-order chi connectivity index (χ1) is 8.99. The minimum Gasteiger partial charge on any atom is -0.481 e. The first-order valence-corrected chi connectivity index (χ1v) is 6.01. The molecule has 1 aromatic heterocycles. The van der Waals surface area contributed by atoms with Crippen LogP contribution in [0.4, 0.5) is 0 Å². The van der Waals surface area contributed by atoms with Gasteiger partial charge in [-0.15, -0.1) is 0 Å². The number of carboxylic acid groups (broad SMARTS) is 1. The molecule has 0 aromatic carbocycles. The number of carbonyl (C=O) groups excluding carboxylic acids is 1. The molecule has 1 atom stereocenters. The van der Waals surface area contributed by atoms with E-state index >= 15 is 0 Å². The Labute approximate surface area is 110 Å². The molecular formula is C12H17N3O4. The fourth-order valence-corrected chi connectivity index (χ4v) is 1.61. The van der Waals surface area contributed by atoms with Gasteiger partial charge in [0.05, 0.1) is 0 Å². The molecule has 0 fully saturated rings. The summed E-state index contributed by atoms with van der Waals surface area (Å²) < 4.78 is 1.21. The first kappa shape index (κ1) is 14.9. The van der Waals surface area contributed by atoms with E-state index < -0.39 is 11.7 Å². The molecule has 0 radical (unpaired) electrons. The van der Waals surface area contributed by atoms with Crippen molar-refractivity contribution in [1.82, 2.24) is 14.9 Å². The molecule has 1 heterocycles. The lowest BCUT2D eigenvalue weighted by Crippen LogP contribution is -2.37. The molecule has 0 aliphatic heterocycles. The number of carboxylic acids is 1. The van der Waals surface area contributed by atoms with Gasteiger partial charge in [0.2, 0.25) is 5.91 Å². The fourth-order valence-electron chi connectivity index (χ4n) is 1.61. The summed E-state index contributed by atoms with van der Waals surface area (Å²) in [7, 11) is 0. The molecule has 1 aromatic rings. The van der Waals surface area contributed by atoms with Gasteiger partial charge in [-0.25, -0.2) is 9.78 Å². The average Bonchev–Trinajstić information content (AvgIpc) is 2.31. The smallest absolute Gasteiger partial charge is 0.347 e. The minimum atomic E-state index is -0.847. The Morgan fingerprint density at radius 2 is 2.26 bits per heavy atom. The van der Waals surface area contributed by atoms with E-state index in [0.29, 0.717) is 12.8 Å². The van der Waals surface area contributed by atoms with Crippen molar-refractivity contribution in [2.45, 2.75) is 38.8 Å². The van der Waals surface area contributed by atoms with Crippen molar-refractivity contribution in [2.75, 3.05) is 0 Å². The maximum atomic E-state index is 11.7. The van der Waals surface area contributed by atoms with Crippen LogP contribution in [0.3, 0.4) is 0 Å². The summed E-state index contributed by atoms with van der Waals surface area (Å²) in [6, 6.07) is 1.45. The van der Waals surface area contributed by atoms with E-state index in [2.05, 4.69) is 10.3 Å². The highest BCUT2D eigenvalue weighted by Gasteiger charge is 2.09. The van der Waals surface area contributed by atoms with E-state index in [1.807, 2.05) is 0 Å². The summed E-state index contributed by atoms with van der Waals surface area (Å²) in [4.78, 5) is 36.8. The minimum absolute atomic E-state index is 0.0856. The van der Waals surface area contributed by atoms with E-state index in [4.69, 9.17) is 5.11 Å². The molecule has 1 amide bonds. The molecule has 7 heteroatoms. The Bertz CT molecular complexity index is 498. The van der Waals surface area contributed by atoms with Crippen LogP contribution in [-0.4, -0.2) is 32.6 Å². The lowest BCUT2D eigenvalue weighted by Gasteiger charge is -2.13. The fraction of sp³-hybridized carbons (Fsp3) is 0.500. The van der Waals surface area contributed by atoms with E-state index in [9.17, 15) is 14.4 Å². The van der Waals surface area contributed by atoms with Gasteiger partial charge in [0.25, 0.3) is 0 Å². The normalized spacial score (nSPS) is 11.8. The first-order valence-electron chi connectivity index (χ1n) is 6.01. The van der Waals surface area contributed by atoms with Crippen LogP contribution >= 0.6 is 0 Å². The maximum Gasteiger partial charge on any atom is 0.347 e. The van der Waals surface area contributed by atoms with Gasteiger partial charge in [0.15, 0.2) is 0 Å². The third kappa shape index (κ3) is 5.80. The Morgan fingerprint density at radius 3 is 2.89 bits per heavy atom. The number of carbonyl (C=O) groups is 2. The predicted molar refractivity (Wildman–Crippen MR) is 67.6 cm³/mol. The Morgan fingerprint density at radius 1 is 1.53 bits per heavy atom. The molecule has 0 spiro atoms. The summed E-state index contributed by atoms with van der Waals surface area (Å²) >= 11 is 0. The zero-order chi connectivity index (χ0) is 14.3. The van der Waals surface area contributed by atoms with Gasteiger partial charge in [0, 0.05) is 24.9 Å². The summed E-state index contributed by atoms with van der Waals surface area (Å²) in [6.07, 6.45) is 4.03. The second-order valence-corrected chi connectivity index (χ2v) is 4.28. The third-order valence-corrected chi connectivity index (χ3v) is 2.53. The largest absolute Gasteiger partial charge is 0.481 e. The number of rotatable bonds is 7. The van der Waals surface area contributed by atoms with E-state index in [1.165, 1.54) is 17.0 Å². The Hall–Kier alpha value is -2.18. The number of aromatic nitrogens is 2. The summed E-state index contributed by atoms with van der Waals surface area (Å²) in [6.45, 7) is 1.71. The quantitative estimate of drug-likeness (QED) is 0.724. The number of hydrogen-bond acceptors (Lipinski definition) is 4. The van der Waals surface area contributed by atoms with E-state index in [0.717, 1.165) is 0 Å². The molecule has 0 aliphatic carbocycles. The number of nitrogens with zero attached hydrogens (tertiary/aromatic N) is 2.